The molecule has 10 heteroatoms. The molecule has 8 nitrogen and oxygen atoms in total. The fraction of sp³-hybridized carbons (Fsp3) is 0.0769. The van der Waals surface area contributed by atoms with Gasteiger partial charge in [0.1, 0.15) is 11.6 Å². The molecule has 0 saturated carbocycles. The third-order valence-electron chi connectivity index (χ3n) is 2.63. The summed E-state index contributed by atoms with van der Waals surface area (Å²) in [6.45, 7) is -0.0238. The zero-order chi connectivity index (χ0) is 16.9. The van der Waals surface area contributed by atoms with Crippen LogP contribution in [0.2, 0.25) is 0 Å². The fourth-order valence-electron chi connectivity index (χ4n) is 1.50. The number of hydrogen-bond acceptors (Lipinski definition) is 5. The third-order valence-corrected chi connectivity index (χ3v) is 3.90. The Morgan fingerprint density at radius 2 is 1.78 bits per heavy atom. The lowest BCUT2D eigenvalue weighted by molar-refractivity contribution is -0.139. The van der Waals surface area contributed by atoms with Gasteiger partial charge in [0.05, 0.1) is 17.7 Å². The van der Waals surface area contributed by atoms with E-state index in [1.807, 2.05) is 0 Å². The Balaban J connectivity index is 1.87. The first kappa shape index (κ1) is 16.6. The average molecular weight is 341 g/mol. The predicted octanol–water partition coefficient (Wildman–Crippen LogP) is 0.0446. The van der Waals surface area contributed by atoms with Gasteiger partial charge in [-0.25, -0.2) is 12.8 Å². The minimum absolute atomic E-state index is 0.0238. The molecule has 0 fully saturated rings. The molecule has 0 atom stereocenters. The maximum atomic E-state index is 12.8. The Hall–Kier alpha value is -2.72. The van der Waals surface area contributed by atoms with Crippen molar-refractivity contribution in [1.29, 1.82) is 0 Å². The van der Waals surface area contributed by atoms with Crippen LogP contribution >= 0.6 is 0 Å². The lowest BCUT2D eigenvalue weighted by atomic mass is 10.4. The standard InChI is InChI=1S/C13H12FN3O5S/c14-9-3-5-11(6-4-9)23(20,21)17-16-13(19)12(18)15-8-10-2-1-7-22-10/h1-7,17H,8H2,(H,15,18)(H,16,19). The van der Waals surface area contributed by atoms with Gasteiger partial charge in [0.15, 0.2) is 0 Å². The van der Waals surface area contributed by atoms with Crippen molar-refractivity contribution in [3.8, 4) is 0 Å². The number of amides is 2. The van der Waals surface area contributed by atoms with Crippen LogP contribution in [-0.2, 0) is 26.2 Å². The Bertz CT molecular complexity index is 788. The molecule has 1 aromatic heterocycles. The van der Waals surface area contributed by atoms with Crippen molar-refractivity contribution in [3.63, 3.8) is 0 Å². The van der Waals surface area contributed by atoms with E-state index in [1.54, 1.807) is 22.4 Å². The van der Waals surface area contributed by atoms with E-state index in [9.17, 15) is 22.4 Å². The molecule has 0 saturated heterocycles. The Morgan fingerprint density at radius 1 is 1.09 bits per heavy atom. The van der Waals surface area contributed by atoms with Gasteiger partial charge in [-0.05, 0) is 36.4 Å². The summed E-state index contributed by atoms with van der Waals surface area (Å²) in [4.78, 5) is 24.4. The second-order valence-corrected chi connectivity index (χ2v) is 5.96. The van der Waals surface area contributed by atoms with Crippen LogP contribution in [0.3, 0.4) is 0 Å². The number of rotatable bonds is 5. The number of nitrogens with one attached hydrogen (secondary N) is 3. The molecule has 0 unspecified atom stereocenters. The van der Waals surface area contributed by atoms with Crippen molar-refractivity contribution < 1.29 is 26.8 Å². The highest BCUT2D eigenvalue weighted by Gasteiger charge is 2.18. The largest absolute Gasteiger partial charge is 0.467 e. The van der Waals surface area contributed by atoms with Gasteiger partial charge in [-0.2, -0.15) is 0 Å². The molecule has 2 rings (SSSR count). The summed E-state index contributed by atoms with van der Waals surface area (Å²) in [5.41, 5.74) is 1.75. The number of carbonyl (C=O) groups is 2. The van der Waals surface area contributed by atoms with Gasteiger partial charge >= 0.3 is 11.8 Å². The van der Waals surface area contributed by atoms with E-state index < -0.39 is 27.7 Å². The average Bonchev–Trinajstić information content (AvgIpc) is 3.04. The lowest BCUT2D eigenvalue weighted by Gasteiger charge is -2.08. The molecule has 3 N–H and O–H groups in total. The Morgan fingerprint density at radius 3 is 2.39 bits per heavy atom. The molecule has 23 heavy (non-hydrogen) atoms. The number of benzene rings is 1. The van der Waals surface area contributed by atoms with Crippen molar-refractivity contribution in [2.75, 3.05) is 0 Å². The first-order valence-corrected chi connectivity index (χ1v) is 7.75. The molecule has 0 aliphatic rings. The normalized spacial score (nSPS) is 11.0. The highest BCUT2D eigenvalue weighted by Crippen LogP contribution is 2.08. The van der Waals surface area contributed by atoms with E-state index in [1.165, 1.54) is 6.26 Å². The van der Waals surface area contributed by atoms with E-state index in [4.69, 9.17) is 4.42 Å². The SMILES string of the molecule is O=C(NCc1ccco1)C(=O)NNS(=O)(=O)c1ccc(F)cc1. The van der Waals surface area contributed by atoms with Gasteiger partial charge in [-0.3, -0.25) is 15.0 Å². The molecule has 0 bridgehead atoms. The number of sulfonamides is 1. The Kier molecular flexibility index (Phi) is 5.09. The van der Waals surface area contributed by atoms with Crippen LogP contribution < -0.4 is 15.6 Å². The highest BCUT2D eigenvalue weighted by atomic mass is 32.2. The molecule has 1 aromatic carbocycles. The summed E-state index contributed by atoms with van der Waals surface area (Å²) in [5, 5.41) is 2.24. The van der Waals surface area contributed by atoms with E-state index in [-0.39, 0.29) is 11.4 Å². The van der Waals surface area contributed by atoms with Crippen LogP contribution in [0.25, 0.3) is 0 Å². The monoisotopic (exact) mass is 341 g/mol. The summed E-state index contributed by atoms with van der Waals surface area (Å²) < 4.78 is 41.3. The minimum atomic E-state index is -4.11. The van der Waals surface area contributed by atoms with Gasteiger partial charge in [0.25, 0.3) is 10.0 Å². The van der Waals surface area contributed by atoms with Crippen LogP contribution in [-0.4, -0.2) is 20.2 Å². The summed E-state index contributed by atoms with van der Waals surface area (Å²) in [7, 11) is -4.11. The van der Waals surface area contributed by atoms with Gasteiger partial charge in [-0.15, -0.1) is 4.83 Å². The number of furan rings is 1. The quantitative estimate of drug-likeness (QED) is 0.524. The molecule has 2 aromatic rings. The van der Waals surface area contributed by atoms with Crippen LogP contribution in [0, 0.1) is 5.82 Å². The van der Waals surface area contributed by atoms with Crippen molar-refractivity contribution in [1.82, 2.24) is 15.6 Å². The van der Waals surface area contributed by atoms with E-state index in [2.05, 4.69) is 5.32 Å². The first-order chi connectivity index (χ1) is 10.9. The zero-order valence-electron chi connectivity index (χ0n) is 11.6. The van der Waals surface area contributed by atoms with Crippen molar-refractivity contribution in [3.05, 3.63) is 54.2 Å². The zero-order valence-corrected chi connectivity index (χ0v) is 12.4. The predicted molar refractivity (Wildman–Crippen MR) is 75.4 cm³/mol. The summed E-state index contributed by atoms with van der Waals surface area (Å²) in [5.74, 6) is -2.44. The number of carbonyl (C=O) groups excluding carboxylic acids is 2. The second kappa shape index (κ2) is 7.03. The van der Waals surface area contributed by atoms with Gasteiger partial charge in [0.2, 0.25) is 0 Å². The van der Waals surface area contributed by atoms with E-state index in [0.29, 0.717) is 5.76 Å². The first-order valence-electron chi connectivity index (χ1n) is 6.26. The molecule has 1 heterocycles. The van der Waals surface area contributed by atoms with Crippen molar-refractivity contribution in [2.45, 2.75) is 11.4 Å². The highest BCUT2D eigenvalue weighted by molar-refractivity contribution is 7.89. The Labute approximate surface area is 130 Å². The molecule has 2 amide bonds. The van der Waals surface area contributed by atoms with Gasteiger partial charge in [-0.1, -0.05) is 0 Å². The summed E-state index contributed by atoms with van der Waals surface area (Å²) in [6.07, 6.45) is 1.40. The maximum Gasteiger partial charge on any atom is 0.324 e. The fourth-order valence-corrected chi connectivity index (χ4v) is 2.34. The molecule has 0 aliphatic heterocycles. The minimum Gasteiger partial charge on any atom is -0.467 e. The van der Waals surface area contributed by atoms with Gasteiger partial charge < -0.3 is 9.73 Å². The number of hydrogen-bond donors (Lipinski definition) is 3. The third kappa shape index (κ3) is 4.63. The van der Waals surface area contributed by atoms with Gasteiger partial charge in [0, 0.05) is 0 Å². The van der Waals surface area contributed by atoms with E-state index in [0.717, 1.165) is 24.3 Å². The molecule has 0 spiro atoms. The number of hydrazine groups is 1. The van der Waals surface area contributed by atoms with Crippen molar-refractivity contribution in [2.24, 2.45) is 0 Å². The lowest BCUT2D eigenvalue weighted by Crippen LogP contribution is -2.48. The topological polar surface area (TPSA) is 118 Å². The summed E-state index contributed by atoms with van der Waals surface area (Å²) >= 11 is 0. The van der Waals surface area contributed by atoms with Crippen LogP contribution in [0.5, 0.6) is 0 Å². The summed E-state index contributed by atoms with van der Waals surface area (Å²) in [6, 6.07) is 7.13. The molecule has 0 radical (unpaired) electrons. The number of halogens is 1. The molecule has 122 valence electrons. The van der Waals surface area contributed by atoms with Crippen molar-refractivity contribution >= 4 is 21.8 Å². The van der Waals surface area contributed by atoms with Crippen LogP contribution in [0.4, 0.5) is 4.39 Å². The molecular weight excluding hydrogens is 329 g/mol. The second-order valence-electron chi connectivity index (χ2n) is 4.28. The molecule has 0 aliphatic carbocycles. The van der Waals surface area contributed by atoms with Crippen LogP contribution in [0.15, 0.2) is 52.0 Å². The van der Waals surface area contributed by atoms with E-state index >= 15 is 0 Å². The van der Waals surface area contributed by atoms with Crippen LogP contribution in [0.1, 0.15) is 5.76 Å². The smallest absolute Gasteiger partial charge is 0.324 e. The maximum absolute atomic E-state index is 12.8. The molecular formula is C13H12FN3O5S.